The summed E-state index contributed by atoms with van der Waals surface area (Å²) in [6, 6.07) is 2.07. The number of nitrogen functional groups attached to an aromatic ring is 1. The largest absolute Gasteiger partial charge is 0.396 e. The molecule has 0 aliphatic heterocycles. The van der Waals surface area contributed by atoms with Crippen molar-refractivity contribution in [2.24, 2.45) is 7.05 Å². The van der Waals surface area contributed by atoms with Gasteiger partial charge in [0.2, 0.25) is 5.95 Å². The van der Waals surface area contributed by atoms with Gasteiger partial charge in [-0.05, 0) is 12.1 Å². The minimum atomic E-state index is -1.03. The second-order valence-corrected chi connectivity index (χ2v) is 4.80. The number of fused-ring (bicyclic) bond motifs is 1. The van der Waals surface area contributed by atoms with Crippen LogP contribution in [0.4, 0.5) is 20.4 Å². The van der Waals surface area contributed by atoms with Gasteiger partial charge in [-0.2, -0.15) is 4.98 Å². The molecule has 3 N–H and O–H groups in total. The lowest BCUT2D eigenvalue weighted by molar-refractivity contribution is 0.591. The van der Waals surface area contributed by atoms with Crippen LogP contribution >= 0.6 is 0 Å². The summed E-state index contributed by atoms with van der Waals surface area (Å²) in [4.78, 5) is 24.6. The van der Waals surface area contributed by atoms with Crippen LogP contribution in [0.25, 0.3) is 22.4 Å². The van der Waals surface area contributed by atoms with Crippen molar-refractivity contribution >= 4 is 22.8 Å². The Morgan fingerprint density at radius 2 is 2.00 bits per heavy atom. The van der Waals surface area contributed by atoms with Gasteiger partial charge >= 0.3 is 0 Å². The Balaban J connectivity index is 2.39. The van der Waals surface area contributed by atoms with Crippen molar-refractivity contribution in [3.05, 3.63) is 40.3 Å². The zero-order chi connectivity index (χ0) is 16.7. The van der Waals surface area contributed by atoms with Crippen molar-refractivity contribution in [1.29, 1.82) is 0 Å². The third-order valence-corrected chi connectivity index (χ3v) is 3.39. The summed E-state index contributed by atoms with van der Waals surface area (Å²) in [5.41, 5.74) is 4.00. The van der Waals surface area contributed by atoms with E-state index < -0.39 is 22.8 Å². The van der Waals surface area contributed by atoms with Crippen LogP contribution < -0.4 is 16.6 Å². The van der Waals surface area contributed by atoms with E-state index in [9.17, 15) is 13.6 Å². The molecule has 3 rings (SSSR count). The first kappa shape index (κ1) is 14.8. The van der Waals surface area contributed by atoms with Gasteiger partial charge in [-0.25, -0.2) is 18.7 Å². The number of nitrogens with zero attached hydrogens (tertiary/aromatic N) is 4. The van der Waals surface area contributed by atoms with Crippen LogP contribution in [0.3, 0.4) is 0 Å². The van der Waals surface area contributed by atoms with Gasteiger partial charge in [-0.1, -0.05) is 0 Å². The molecule has 0 aliphatic rings. The Hall–Kier alpha value is -3.10. The predicted molar refractivity (Wildman–Crippen MR) is 81.9 cm³/mol. The summed E-state index contributed by atoms with van der Waals surface area (Å²) in [7, 11) is 3.06. The quantitative estimate of drug-likeness (QED) is 0.691. The van der Waals surface area contributed by atoms with Crippen LogP contribution in [-0.4, -0.2) is 26.6 Å². The third-order valence-electron chi connectivity index (χ3n) is 3.39. The molecule has 2 aromatic heterocycles. The van der Waals surface area contributed by atoms with Gasteiger partial charge in [0.1, 0.15) is 17.0 Å². The number of aromatic nitrogens is 4. The van der Waals surface area contributed by atoms with Crippen molar-refractivity contribution < 1.29 is 8.78 Å². The van der Waals surface area contributed by atoms with Crippen LogP contribution in [-0.2, 0) is 7.05 Å². The topological polar surface area (TPSA) is 98.7 Å². The molecule has 0 radical (unpaired) electrons. The first-order valence-corrected chi connectivity index (χ1v) is 6.59. The van der Waals surface area contributed by atoms with Crippen LogP contribution in [0.2, 0.25) is 0 Å². The highest BCUT2D eigenvalue weighted by Gasteiger charge is 2.21. The number of anilines is 2. The normalized spacial score (nSPS) is 11.0. The highest BCUT2D eigenvalue weighted by atomic mass is 19.1. The molecule has 7 nitrogen and oxygen atoms in total. The number of nitrogens with one attached hydrogen (secondary N) is 1. The zero-order valence-electron chi connectivity index (χ0n) is 12.3. The molecule has 118 valence electrons. The second kappa shape index (κ2) is 5.27. The Morgan fingerprint density at radius 3 is 2.70 bits per heavy atom. The highest BCUT2D eigenvalue weighted by molar-refractivity contribution is 5.75. The van der Waals surface area contributed by atoms with Gasteiger partial charge in [0.05, 0.1) is 17.4 Å². The molecule has 0 saturated heterocycles. The second-order valence-electron chi connectivity index (χ2n) is 4.80. The molecule has 1 aromatic carbocycles. The lowest BCUT2D eigenvalue weighted by atomic mass is 10.1. The summed E-state index contributed by atoms with van der Waals surface area (Å²) in [6.45, 7) is 0. The number of aryl methyl sites for hydroxylation is 1. The van der Waals surface area contributed by atoms with Crippen LogP contribution in [0.5, 0.6) is 0 Å². The number of benzene rings is 1. The highest BCUT2D eigenvalue weighted by Crippen LogP contribution is 2.26. The average Bonchev–Trinajstić information content (AvgIpc) is 2.55. The lowest BCUT2D eigenvalue weighted by Crippen LogP contribution is -2.23. The number of hydrogen-bond donors (Lipinski definition) is 2. The molecule has 0 spiro atoms. The summed E-state index contributed by atoms with van der Waals surface area (Å²) in [6.07, 6.45) is 1.36. The van der Waals surface area contributed by atoms with Gasteiger partial charge < -0.3 is 11.1 Å². The van der Waals surface area contributed by atoms with E-state index in [1.165, 1.54) is 13.2 Å². The number of hydrogen-bond acceptors (Lipinski definition) is 6. The summed E-state index contributed by atoms with van der Waals surface area (Å²) in [5.74, 6) is -1.65. The Morgan fingerprint density at radius 1 is 1.26 bits per heavy atom. The molecule has 0 saturated carbocycles. The Kier molecular flexibility index (Phi) is 3.40. The number of halogens is 2. The van der Waals surface area contributed by atoms with Crippen LogP contribution in [0.1, 0.15) is 0 Å². The van der Waals surface area contributed by atoms with E-state index in [1.807, 2.05) is 0 Å². The summed E-state index contributed by atoms with van der Waals surface area (Å²) >= 11 is 0. The van der Waals surface area contributed by atoms with Gasteiger partial charge in [-0.3, -0.25) is 9.36 Å². The Bertz CT molecular complexity index is 985. The molecule has 3 aromatic rings. The molecular formula is C14H12F2N6O. The standard InChI is InChI=1S/C14H12F2N6O/c1-18-14-19-5-8-12(21-14)22(2)13(23)11(20-8)9-6(15)3-4-7(17)10(9)16/h3-5H,17H2,1-2H3,(H,18,19,21). The fraction of sp³-hybridized carbons (Fsp3) is 0.143. The molecule has 0 aliphatic carbocycles. The molecule has 0 atom stereocenters. The van der Waals surface area contributed by atoms with Crippen molar-refractivity contribution in [2.45, 2.75) is 0 Å². The maximum absolute atomic E-state index is 14.2. The average molecular weight is 318 g/mol. The van der Waals surface area contributed by atoms with Crippen LogP contribution in [0.15, 0.2) is 23.1 Å². The number of rotatable bonds is 2. The lowest BCUT2D eigenvalue weighted by Gasteiger charge is -2.10. The summed E-state index contributed by atoms with van der Waals surface area (Å²) in [5, 5.41) is 2.74. The zero-order valence-corrected chi connectivity index (χ0v) is 12.3. The van der Waals surface area contributed by atoms with E-state index in [0.29, 0.717) is 5.95 Å². The fourth-order valence-corrected chi connectivity index (χ4v) is 2.18. The van der Waals surface area contributed by atoms with Gasteiger partial charge in [0, 0.05) is 14.1 Å². The van der Waals surface area contributed by atoms with Crippen molar-refractivity contribution in [3.8, 4) is 11.3 Å². The van der Waals surface area contributed by atoms with E-state index in [2.05, 4.69) is 20.3 Å². The minimum absolute atomic E-state index is 0.224. The molecule has 23 heavy (non-hydrogen) atoms. The maximum Gasteiger partial charge on any atom is 0.278 e. The first-order chi connectivity index (χ1) is 10.9. The van der Waals surface area contributed by atoms with E-state index >= 15 is 0 Å². The SMILES string of the molecule is CNc1ncc2nc(-c3c(F)ccc(N)c3F)c(=O)n(C)c2n1. The van der Waals surface area contributed by atoms with Gasteiger partial charge in [-0.15, -0.1) is 0 Å². The molecule has 2 heterocycles. The third kappa shape index (κ3) is 2.26. The number of nitrogens with two attached hydrogens (primary N) is 1. The molecule has 9 heteroatoms. The van der Waals surface area contributed by atoms with E-state index in [4.69, 9.17) is 5.73 Å². The van der Waals surface area contributed by atoms with Crippen LogP contribution in [0, 0.1) is 11.6 Å². The molecular weight excluding hydrogens is 306 g/mol. The molecule has 0 fully saturated rings. The molecule has 0 unspecified atom stereocenters. The summed E-state index contributed by atoms with van der Waals surface area (Å²) < 4.78 is 29.4. The molecule has 0 amide bonds. The van der Waals surface area contributed by atoms with Crippen molar-refractivity contribution in [2.75, 3.05) is 18.1 Å². The van der Waals surface area contributed by atoms with Crippen molar-refractivity contribution in [3.63, 3.8) is 0 Å². The predicted octanol–water partition coefficient (Wildman–Crippen LogP) is 1.29. The van der Waals surface area contributed by atoms with E-state index in [1.54, 1.807) is 7.05 Å². The van der Waals surface area contributed by atoms with E-state index in [0.717, 1.165) is 16.7 Å². The monoisotopic (exact) mass is 318 g/mol. The van der Waals surface area contributed by atoms with Crippen molar-refractivity contribution in [1.82, 2.24) is 19.5 Å². The van der Waals surface area contributed by atoms with Gasteiger partial charge in [0.15, 0.2) is 11.5 Å². The smallest absolute Gasteiger partial charge is 0.278 e. The minimum Gasteiger partial charge on any atom is -0.396 e. The van der Waals surface area contributed by atoms with E-state index in [-0.39, 0.29) is 22.5 Å². The van der Waals surface area contributed by atoms with Gasteiger partial charge in [0.25, 0.3) is 5.56 Å². The maximum atomic E-state index is 14.2. The molecule has 0 bridgehead atoms. The Labute approximate surface area is 128 Å². The first-order valence-electron chi connectivity index (χ1n) is 6.59. The fourth-order valence-electron chi connectivity index (χ4n) is 2.18.